The lowest BCUT2D eigenvalue weighted by molar-refractivity contribution is -0.130. The average molecular weight is 558 g/mol. The van der Waals surface area contributed by atoms with Gasteiger partial charge in [0.15, 0.2) is 0 Å². The Morgan fingerprint density at radius 1 is 1.18 bits per heavy atom. The first kappa shape index (κ1) is 27.4. The maximum atomic E-state index is 13.1. The summed E-state index contributed by atoms with van der Waals surface area (Å²) in [6.07, 6.45) is 8.44. The zero-order chi connectivity index (χ0) is 28.1. The van der Waals surface area contributed by atoms with Crippen molar-refractivity contribution in [1.29, 1.82) is 0 Å². The van der Waals surface area contributed by atoms with Gasteiger partial charge in [0, 0.05) is 59.7 Å². The number of anilines is 3. The number of halogens is 1. The number of nitrogens with one attached hydrogen (secondary N) is 3. The number of benzene rings is 2. The molecule has 0 saturated carbocycles. The van der Waals surface area contributed by atoms with Crippen molar-refractivity contribution < 1.29 is 9.59 Å². The van der Waals surface area contributed by atoms with Gasteiger partial charge in [0.2, 0.25) is 17.8 Å². The normalized spacial score (nSPS) is 15.6. The fourth-order valence-electron chi connectivity index (χ4n) is 4.79. The van der Waals surface area contributed by atoms with Crippen LogP contribution < -0.4 is 10.6 Å². The van der Waals surface area contributed by atoms with Crippen LogP contribution in [0.3, 0.4) is 0 Å². The van der Waals surface area contributed by atoms with Crippen LogP contribution in [0.1, 0.15) is 12.8 Å². The predicted octanol–water partition coefficient (Wildman–Crippen LogP) is 5.32. The topological polar surface area (TPSA) is 106 Å². The Hall–Kier alpha value is -4.21. The Morgan fingerprint density at radius 2 is 2.00 bits per heavy atom. The third-order valence-electron chi connectivity index (χ3n) is 6.81. The molecule has 1 atom stereocenters. The quantitative estimate of drug-likeness (QED) is 0.253. The summed E-state index contributed by atoms with van der Waals surface area (Å²) in [6, 6.07) is 15.3. The number of likely N-dealkylation sites (N-methyl/N-ethyl adjacent to an activating group) is 1. The fourth-order valence-corrected chi connectivity index (χ4v) is 4.99. The Morgan fingerprint density at radius 3 is 2.85 bits per heavy atom. The van der Waals surface area contributed by atoms with Crippen LogP contribution in [0.2, 0.25) is 5.02 Å². The molecule has 5 rings (SSSR count). The molecule has 2 aromatic heterocycles. The van der Waals surface area contributed by atoms with E-state index >= 15 is 0 Å². The molecule has 40 heavy (non-hydrogen) atoms. The molecule has 206 valence electrons. The first-order valence-electron chi connectivity index (χ1n) is 13.2. The smallest absolute Gasteiger partial charge is 0.246 e. The second-order valence-electron chi connectivity index (χ2n) is 10.1. The Bertz CT molecular complexity index is 1550. The van der Waals surface area contributed by atoms with Crippen molar-refractivity contribution in [3.8, 4) is 11.3 Å². The number of amides is 2. The van der Waals surface area contributed by atoms with Crippen LogP contribution in [0, 0.1) is 5.92 Å². The molecule has 9 nitrogen and oxygen atoms in total. The third kappa shape index (κ3) is 6.50. The van der Waals surface area contributed by atoms with E-state index in [1.165, 1.54) is 0 Å². The minimum atomic E-state index is -0.269. The number of hydrogen-bond acceptors (Lipinski definition) is 6. The van der Waals surface area contributed by atoms with Gasteiger partial charge < -0.3 is 25.4 Å². The molecule has 0 spiro atoms. The van der Waals surface area contributed by atoms with E-state index in [9.17, 15) is 9.59 Å². The number of hydrogen-bond donors (Lipinski definition) is 3. The van der Waals surface area contributed by atoms with Gasteiger partial charge in [-0.05, 0) is 51.2 Å². The maximum Gasteiger partial charge on any atom is 0.246 e. The van der Waals surface area contributed by atoms with Crippen LogP contribution in [0.4, 0.5) is 17.3 Å². The number of aromatic nitrogens is 3. The van der Waals surface area contributed by atoms with Crippen molar-refractivity contribution in [3.05, 3.63) is 78.1 Å². The molecule has 1 saturated heterocycles. The van der Waals surface area contributed by atoms with Gasteiger partial charge in [-0.1, -0.05) is 41.9 Å². The van der Waals surface area contributed by atoms with Crippen molar-refractivity contribution in [2.75, 3.05) is 44.4 Å². The molecule has 3 heterocycles. The lowest BCUT2D eigenvalue weighted by atomic mass is 9.97. The maximum absolute atomic E-state index is 13.1. The van der Waals surface area contributed by atoms with Gasteiger partial charge in [0.1, 0.15) is 0 Å². The monoisotopic (exact) mass is 557 g/mol. The van der Waals surface area contributed by atoms with Gasteiger partial charge >= 0.3 is 0 Å². The lowest BCUT2D eigenvalue weighted by Gasteiger charge is -2.31. The van der Waals surface area contributed by atoms with Crippen LogP contribution in [0.5, 0.6) is 0 Å². The number of aromatic amines is 1. The highest BCUT2D eigenvalue weighted by molar-refractivity contribution is 6.33. The molecule has 1 fully saturated rings. The number of likely N-dealkylation sites (tertiary alicyclic amines) is 1. The molecule has 4 aromatic rings. The van der Waals surface area contributed by atoms with Gasteiger partial charge in [0.25, 0.3) is 0 Å². The molecule has 2 amide bonds. The lowest BCUT2D eigenvalue weighted by Crippen LogP contribution is -2.43. The van der Waals surface area contributed by atoms with Gasteiger partial charge in [-0.25, -0.2) is 9.97 Å². The van der Waals surface area contributed by atoms with Gasteiger partial charge in [-0.3, -0.25) is 9.59 Å². The van der Waals surface area contributed by atoms with Gasteiger partial charge in [-0.15, -0.1) is 0 Å². The van der Waals surface area contributed by atoms with Gasteiger partial charge in [0.05, 0.1) is 22.8 Å². The van der Waals surface area contributed by atoms with Crippen molar-refractivity contribution >= 4 is 51.6 Å². The Balaban J connectivity index is 1.25. The molecule has 10 heteroatoms. The Kier molecular flexibility index (Phi) is 8.42. The van der Waals surface area contributed by atoms with E-state index in [4.69, 9.17) is 11.6 Å². The number of carbonyl (C=O) groups excluding carboxylic acids is 2. The minimum Gasteiger partial charge on any atom is -0.360 e. The summed E-state index contributed by atoms with van der Waals surface area (Å²) in [4.78, 5) is 41.7. The number of rotatable bonds is 8. The molecule has 2 aromatic carbocycles. The first-order valence-corrected chi connectivity index (χ1v) is 13.6. The highest BCUT2D eigenvalue weighted by Crippen LogP contribution is 2.33. The largest absolute Gasteiger partial charge is 0.360 e. The summed E-state index contributed by atoms with van der Waals surface area (Å²) in [6.45, 7) is 1.76. The summed E-state index contributed by atoms with van der Waals surface area (Å²) in [5.41, 5.74) is 3.87. The second-order valence-corrected chi connectivity index (χ2v) is 10.5. The average Bonchev–Trinajstić information content (AvgIpc) is 3.38. The molecular weight excluding hydrogens is 526 g/mol. The van der Waals surface area contributed by atoms with E-state index in [1.807, 2.05) is 79.8 Å². The van der Waals surface area contributed by atoms with E-state index in [1.54, 1.807) is 17.2 Å². The summed E-state index contributed by atoms with van der Waals surface area (Å²) >= 11 is 6.47. The molecule has 0 aliphatic carbocycles. The van der Waals surface area contributed by atoms with Crippen LogP contribution in [-0.2, 0) is 9.59 Å². The van der Waals surface area contributed by atoms with E-state index in [0.717, 1.165) is 35.0 Å². The summed E-state index contributed by atoms with van der Waals surface area (Å²) in [5, 5.41) is 7.70. The van der Waals surface area contributed by atoms with Crippen molar-refractivity contribution in [2.24, 2.45) is 5.92 Å². The molecule has 0 radical (unpaired) electrons. The molecule has 3 N–H and O–H groups in total. The van der Waals surface area contributed by atoms with Crippen LogP contribution in [0.25, 0.3) is 22.2 Å². The number of H-pyrrole nitrogens is 1. The number of piperidine rings is 1. The fraction of sp³-hybridized carbons (Fsp3) is 0.267. The standard InChI is InChI=1S/C30H32ClN7O2/c1-37(2)14-7-13-27(39)38-15-6-8-20(19-38)29(40)34-21-9-5-10-22(16-21)35-30-33-18-25(31)28(36-30)24-17-32-26-12-4-3-11-23(24)26/h3-5,7,9-13,16-18,20,32H,6,8,14-15,19H2,1-2H3,(H,34,40)(H,33,35,36)/b13-7+/t20-/m1/s1. The number of carbonyl (C=O) groups is 2. The van der Waals surface area contributed by atoms with Crippen LogP contribution in [0.15, 0.2) is 73.1 Å². The zero-order valence-corrected chi connectivity index (χ0v) is 23.3. The van der Waals surface area contributed by atoms with E-state index in [0.29, 0.717) is 42.0 Å². The molecular formula is C30H32ClN7O2. The zero-order valence-electron chi connectivity index (χ0n) is 22.5. The van der Waals surface area contributed by atoms with E-state index in [-0.39, 0.29) is 17.7 Å². The van der Waals surface area contributed by atoms with Crippen LogP contribution in [-0.4, -0.2) is 70.3 Å². The van der Waals surface area contributed by atoms with Gasteiger partial charge in [-0.2, -0.15) is 0 Å². The number of fused-ring (bicyclic) bond motifs is 1. The highest BCUT2D eigenvalue weighted by Gasteiger charge is 2.27. The van der Waals surface area contributed by atoms with E-state index < -0.39 is 0 Å². The van der Waals surface area contributed by atoms with Crippen molar-refractivity contribution in [3.63, 3.8) is 0 Å². The van der Waals surface area contributed by atoms with E-state index in [2.05, 4.69) is 25.6 Å². The molecule has 1 aliphatic rings. The van der Waals surface area contributed by atoms with Crippen molar-refractivity contribution in [2.45, 2.75) is 12.8 Å². The summed E-state index contributed by atoms with van der Waals surface area (Å²) < 4.78 is 0. The number of para-hydroxylation sites is 1. The molecule has 0 bridgehead atoms. The summed E-state index contributed by atoms with van der Waals surface area (Å²) in [5.74, 6) is -0.0383. The SMILES string of the molecule is CN(C)C/C=C/C(=O)N1CCC[C@@H](C(=O)Nc2cccc(Nc3ncc(Cl)c(-c4c[nH]c5ccccc45)n3)c2)C1. The Labute approximate surface area is 238 Å². The van der Waals surface area contributed by atoms with Crippen LogP contribution >= 0.6 is 11.6 Å². The third-order valence-corrected chi connectivity index (χ3v) is 7.09. The predicted molar refractivity (Wildman–Crippen MR) is 160 cm³/mol. The van der Waals surface area contributed by atoms with Crippen molar-refractivity contribution in [1.82, 2.24) is 24.8 Å². The minimum absolute atomic E-state index is 0.0551. The summed E-state index contributed by atoms with van der Waals surface area (Å²) in [7, 11) is 3.90. The second kappa shape index (κ2) is 12.3. The highest BCUT2D eigenvalue weighted by atomic mass is 35.5. The first-order chi connectivity index (χ1) is 19.4. The number of nitrogens with zero attached hydrogens (tertiary/aromatic N) is 4. The molecule has 1 aliphatic heterocycles. The molecule has 0 unspecified atom stereocenters.